The van der Waals surface area contributed by atoms with Gasteiger partial charge in [0.25, 0.3) is 0 Å². The largest absolute Gasteiger partial charge is 0.488 e. The second-order valence-corrected chi connectivity index (χ2v) is 8.03. The first kappa shape index (κ1) is 22.6. The molecule has 10 nitrogen and oxygen atoms in total. The summed E-state index contributed by atoms with van der Waals surface area (Å²) in [6, 6.07) is 6.70. The number of carbonyl (C=O) groups excluding carboxylic acids is 2. The first-order valence-corrected chi connectivity index (χ1v) is 11.4. The number of amides is 2. The molecule has 11 heteroatoms. The SMILES string of the molecule is CCOc1c(C(C)=O)nc(-c2ccc(NC(=O)Nc3nccs3)cc2)nc1N1CCOCC1. The van der Waals surface area contributed by atoms with Crippen LogP contribution < -0.4 is 20.3 Å². The zero-order chi connectivity index (χ0) is 23.2. The van der Waals surface area contributed by atoms with Crippen molar-refractivity contribution in [3.8, 4) is 17.1 Å². The fraction of sp³-hybridized carbons (Fsp3) is 0.318. The van der Waals surface area contributed by atoms with Gasteiger partial charge in [0.2, 0.25) is 0 Å². The van der Waals surface area contributed by atoms with Crippen LogP contribution in [0.3, 0.4) is 0 Å². The fourth-order valence-electron chi connectivity index (χ4n) is 3.32. The molecule has 0 atom stereocenters. The lowest BCUT2D eigenvalue weighted by Crippen LogP contribution is -2.37. The average molecular weight is 469 g/mol. The predicted octanol–water partition coefficient (Wildman–Crippen LogP) is 3.68. The molecular formula is C22H24N6O4S. The third-order valence-electron chi connectivity index (χ3n) is 4.83. The zero-order valence-corrected chi connectivity index (χ0v) is 19.1. The maximum Gasteiger partial charge on any atom is 0.325 e. The van der Waals surface area contributed by atoms with Crippen LogP contribution in [0.5, 0.6) is 5.75 Å². The molecule has 1 aliphatic rings. The molecular weight excluding hydrogens is 444 g/mol. The number of Topliss-reactive ketones (excluding diaryl/α,β-unsaturated/α-hetero) is 1. The number of aromatic nitrogens is 3. The van der Waals surface area contributed by atoms with E-state index in [1.54, 1.807) is 35.8 Å². The summed E-state index contributed by atoms with van der Waals surface area (Å²) in [6.45, 7) is 6.15. The van der Waals surface area contributed by atoms with Crippen molar-refractivity contribution in [1.29, 1.82) is 0 Å². The van der Waals surface area contributed by atoms with Gasteiger partial charge in [-0.15, -0.1) is 11.3 Å². The number of ketones is 1. The van der Waals surface area contributed by atoms with Gasteiger partial charge in [0.1, 0.15) is 0 Å². The van der Waals surface area contributed by atoms with Crippen molar-refractivity contribution in [3.63, 3.8) is 0 Å². The van der Waals surface area contributed by atoms with E-state index in [1.807, 2.05) is 11.8 Å². The molecule has 2 aromatic heterocycles. The summed E-state index contributed by atoms with van der Waals surface area (Å²) in [7, 11) is 0. The Morgan fingerprint density at radius 3 is 2.55 bits per heavy atom. The van der Waals surface area contributed by atoms with E-state index in [0.29, 0.717) is 66.7 Å². The minimum Gasteiger partial charge on any atom is -0.488 e. The number of hydrogen-bond donors (Lipinski definition) is 2. The molecule has 3 aromatic rings. The maximum atomic E-state index is 12.4. The molecule has 172 valence electrons. The van der Waals surface area contributed by atoms with Crippen molar-refractivity contribution in [2.75, 3.05) is 48.4 Å². The summed E-state index contributed by atoms with van der Waals surface area (Å²) in [5, 5.41) is 7.71. The third kappa shape index (κ3) is 5.44. The van der Waals surface area contributed by atoms with Gasteiger partial charge in [-0.1, -0.05) is 0 Å². The molecule has 0 saturated carbocycles. The Kier molecular flexibility index (Phi) is 7.10. The summed E-state index contributed by atoms with van der Waals surface area (Å²) in [4.78, 5) is 39.8. The number of urea groups is 1. The molecule has 1 aromatic carbocycles. The second-order valence-electron chi connectivity index (χ2n) is 7.13. The van der Waals surface area contributed by atoms with Gasteiger partial charge in [0.15, 0.2) is 34.0 Å². The van der Waals surface area contributed by atoms with Gasteiger partial charge in [0.05, 0.1) is 19.8 Å². The van der Waals surface area contributed by atoms with Gasteiger partial charge in [-0.05, 0) is 31.2 Å². The number of morpholine rings is 1. The first-order valence-electron chi connectivity index (χ1n) is 10.5. The van der Waals surface area contributed by atoms with Gasteiger partial charge in [-0.3, -0.25) is 10.1 Å². The molecule has 0 spiro atoms. The number of ether oxygens (including phenoxy) is 2. The molecule has 1 aliphatic heterocycles. The lowest BCUT2D eigenvalue weighted by Gasteiger charge is -2.29. The molecule has 4 rings (SSSR count). The lowest BCUT2D eigenvalue weighted by molar-refractivity contribution is 0.100. The minimum absolute atomic E-state index is 0.200. The predicted molar refractivity (Wildman–Crippen MR) is 126 cm³/mol. The number of hydrogen-bond acceptors (Lipinski definition) is 9. The lowest BCUT2D eigenvalue weighted by atomic mass is 10.1. The number of anilines is 3. The van der Waals surface area contributed by atoms with Gasteiger partial charge < -0.3 is 19.7 Å². The topological polar surface area (TPSA) is 119 Å². The molecule has 33 heavy (non-hydrogen) atoms. The molecule has 1 saturated heterocycles. The van der Waals surface area contributed by atoms with Crippen LogP contribution in [-0.4, -0.2) is 59.7 Å². The summed E-state index contributed by atoms with van der Waals surface area (Å²) in [5.74, 6) is 1.19. The van der Waals surface area contributed by atoms with Crippen LogP contribution in [0.25, 0.3) is 11.4 Å². The van der Waals surface area contributed by atoms with E-state index in [-0.39, 0.29) is 17.5 Å². The summed E-state index contributed by atoms with van der Waals surface area (Å²) in [5.41, 5.74) is 1.55. The first-order chi connectivity index (χ1) is 16.0. The highest BCUT2D eigenvalue weighted by molar-refractivity contribution is 7.13. The van der Waals surface area contributed by atoms with Crippen LogP contribution in [0.15, 0.2) is 35.8 Å². The fourth-order valence-corrected chi connectivity index (χ4v) is 3.84. The van der Waals surface area contributed by atoms with E-state index in [0.717, 1.165) is 0 Å². The van der Waals surface area contributed by atoms with E-state index < -0.39 is 0 Å². The Bertz CT molecular complexity index is 1110. The number of carbonyl (C=O) groups is 2. The quantitative estimate of drug-likeness (QED) is 0.504. The number of nitrogens with zero attached hydrogens (tertiary/aromatic N) is 4. The molecule has 0 bridgehead atoms. The van der Waals surface area contributed by atoms with Gasteiger partial charge in [-0.2, -0.15) is 0 Å². The molecule has 3 heterocycles. The van der Waals surface area contributed by atoms with Gasteiger partial charge in [0, 0.05) is 42.8 Å². The standard InChI is InChI=1S/C22H24N6O4S/c1-3-32-18-17(14(2)29)25-19(26-20(18)28-9-11-31-12-10-28)15-4-6-16(7-5-15)24-21(30)27-22-23-8-13-33-22/h4-8,13H,3,9-12H2,1-2H3,(H2,23,24,27,30). The molecule has 2 N–H and O–H groups in total. The van der Waals surface area contributed by atoms with E-state index in [1.165, 1.54) is 18.3 Å². The molecule has 2 amide bonds. The molecule has 0 aliphatic carbocycles. The number of nitrogens with one attached hydrogen (secondary N) is 2. The van der Waals surface area contributed by atoms with Gasteiger partial charge in [-0.25, -0.2) is 19.7 Å². The van der Waals surface area contributed by atoms with Crippen LogP contribution in [0, 0.1) is 0 Å². The van der Waals surface area contributed by atoms with Crippen LogP contribution in [0.2, 0.25) is 0 Å². The van der Waals surface area contributed by atoms with Crippen LogP contribution >= 0.6 is 11.3 Å². The second kappa shape index (κ2) is 10.4. The van der Waals surface area contributed by atoms with E-state index in [9.17, 15) is 9.59 Å². The van der Waals surface area contributed by atoms with Crippen molar-refractivity contribution in [1.82, 2.24) is 15.0 Å². The van der Waals surface area contributed by atoms with Crippen LogP contribution in [0.1, 0.15) is 24.3 Å². The summed E-state index contributed by atoms with van der Waals surface area (Å²) in [6.07, 6.45) is 1.62. The smallest absolute Gasteiger partial charge is 0.325 e. The van der Waals surface area contributed by atoms with Crippen LogP contribution in [-0.2, 0) is 4.74 Å². The highest BCUT2D eigenvalue weighted by atomic mass is 32.1. The number of rotatable bonds is 7. The van der Waals surface area contributed by atoms with Crippen molar-refractivity contribution in [2.24, 2.45) is 0 Å². The van der Waals surface area contributed by atoms with Crippen molar-refractivity contribution in [3.05, 3.63) is 41.5 Å². The Morgan fingerprint density at radius 2 is 1.91 bits per heavy atom. The van der Waals surface area contributed by atoms with Crippen LogP contribution in [0.4, 0.5) is 21.4 Å². The highest BCUT2D eigenvalue weighted by Crippen LogP contribution is 2.33. The summed E-state index contributed by atoms with van der Waals surface area (Å²) >= 11 is 1.33. The highest BCUT2D eigenvalue weighted by Gasteiger charge is 2.25. The normalized spacial score (nSPS) is 13.5. The van der Waals surface area contributed by atoms with Gasteiger partial charge >= 0.3 is 6.03 Å². The van der Waals surface area contributed by atoms with E-state index in [2.05, 4.69) is 20.6 Å². The maximum absolute atomic E-state index is 12.4. The van der Waals surface area contributed by atoms with Crippen molar-refractivity contribution in [2.45, 2.75) is 13.8 Å². The molecule has 1 fully saturated rings. The molecule has 0 unspecified atom stereocenters. The average Bonchev–Trinajstić information content (AvgIpc) is 3.33. The Balaban J connectivity index is 1.61. The third-order valence-corrected chi connectivity index (χ3v) is 5.52. The summed E-state index contributed by atoms with van der Waals surface area (Å²) < 4.78 is 11.2. The van der Waals surface area contributed by atoms with E-state index >= 15 is 0 Å². The Labute approximate surface area is 195 Å². The van der Waals surface area contributed by atoms with Crippen molar-refractivity contribution >= 4 is 39.8 Å². The Morgan fingerprint density at radius 1 is 1.15 bits per heavy atom. The minimum atomic E-state index is -0.386. The number of benzene rings is 1. The van der Waals surface area contributed by atoms with Crippen molar-refractivity contribution < 1.29 is 19.1 Å². The Hall–Kier alpha value is -3.57. The van der Waals surface area contributed by atoms with E-state index in [4.69, 9.17) is 14.5 Å². The monoisotopic (exact) mass is 468 g/mol. The number of thiazole rings is 1. The zero-order valence-electron chi connectivity index (χ0n) is 18.3. The molecule has 0 radical (unpaired) electrons.